The van der Waals surface area contributed by atoms with E-state index in [1.54, 1.807) is 31.2 Å². The summed E-state index contributed by atoms with van der Waals surface area (Å²) in [5, 5.41) is 3.51. The van der Waals surface area contributed by atoms with Crippen molar-refractivity contribution < 1.29 is 13.9 Å². The molecule has 0 radical (unpaired) electrons. The third-order valence-corrected chi connectivity index (χ3v) is 4.32. The molecule has 7 heteroatoms. The molecule has 0 heterocycles. The van der Waals surface area contributed by atoms with Crippen molar-refractivity contribution in [2.24, 2.45) is 0 Å². The first-order chi connectivity index (χ1) is 11.9. The van der Waals surface area contributed by atoms with Gasteiger partial charge >= 0.3 is 0 Å². The number of ether oxygens (including phenoxy) is 1. The first-order valence-corrected chi connectivity index (χ1v) is 8.47. The van der Waals surface area contributed by atoms with E-state index in [4.69, 9.17) is 27.9 Å². The zero-order chi connectivity index (χ0) is 18.4. The Kier molecular flexibility index (Phi) is 7.05. The van der Waals surface area contributed by atoms with Crippen molar-refractivity contribution in [2.75, 3.05) is 25.5 Å². The molecule has 1 atom stereocenters. The van der Waals surface area contributed by atoms with E-state index in [9.17, 15) is 9.18 Å². The number of amides is 1. The van der Waals surface area contributed by atoms with Crippen molar-refractivity contribution in [3.8, 4) is 5.75 Å². The van der Waals surface area contributed by atoms with Crippen LogP contribution >= 0.6 is 23.2 Å². The first kappa shape index (κ1) is 19.5. The van der Waals surface area contributed by atoms with Gasteiger partial charge < -0.3 is 10.1 Å². The van der Waals surface area contributed by atoms with Crippen molar-refractivity contribution in [2.45, 2.75) is 13.0 Å². The van der Waals surface area contributed by atoms with Gasteiger partial charge in [0.25, 0.3) is 0 Å². The second-order valence-electron chi connectivity index (χ2n) is 5.57. The van der Waals surface area contributed by atoms with Crippen molar-refractivity contribution in [3.05, 3.63) is 58.3 Å². The topological polar surface area (TPSA) is 41.6 Å². The summed E-state index contributed by atoms with van der Waals surface area (Å²) in [7, 11) is 1.82. The maximum absolute atomic E-state index is 13.0. The highest BCUT2D eigenvalue weighted by Crippen LogP contribution is 2.22. The van der Waals surface area contributed by atoms with Gasteiger partial charge in [0, 0.05) is 11.6 Å². The Labute approximate surface area is 156 Å². The summed E-state index contributed by atoms with van der Waals surface area (Å²) in [6.07, 6.45) is 0. The zero-order valence-electron chi connectivity index (χ0n) is 13.9. The summed E-state index contributed by atoms with van der Waals surface area (Å²) in [5.74, 6) is 0.0306. The maximum Gasteiger partial charge on any atom is 0.241 e. The Balaban J connectivity index is 1.82. The van der Waals surface area contributed by atoms with E-state index in [1.807, 2.05) is 11.9 Å². The first-order valence-electron chi connectivity index (χ1n) is 7.71. The summed E-state index contributed by atoms with van der Waals surface area (Å²) in [6.45, 7) is 2.75. The van der Waals surface area contributed by atoms with Crippen LogP contribution in [0.3, 0.4) is 0 Å². The minimum Gasteiger partial charge on any atom is -0.492 e. The Hall–Kier alpha value is -1.82. The van der Waals surface area contributed by atoms with Gasteiger partial charge in [-0.3, -0.25) is 9.69 Å². The molecule has 0 aliphatic carbocycles. The lowest BCUT2D eigenvalue weighted by molar-refractivity contribution is -0.120. The number of nitrogens with one attached hydrogen (secondary N) is 1. The predicted molar refractivity (Wildman–Crippen MR) is 99.1 cm³/mol. The Bertz CT molecular complexity index is 726. The van der Waals surface area contributed by atoms with Gasteiger partial charge in [-0.05, 0) is 56.4 Å². The van der Waals surface area contributed by atoms with Crippen LogP contribution in [0, 0.1) is 5.82 Å². The van der Waals surface area contributed by atoms with E-state index in [0.29, 0.717) is 29.6 Å². The van der Waals surface area contributed by atoms with Gasteiger partial charge in [0.2, 0.25) is 5.91 Å². The summed E-state index contributed by atoms with van der Waals surface area (Å²) >= 11 is 11.7. The SMILES string of the molecule is CC(C(=O)Nc1ccc(F)cc1Cl)N(C)CCOc1ccc(Cl)cc1. The summed E-state index contributed by atoms with van der Waals surface area (Å²) < 4.78 is 18.7. The van der Waals surface area contributed by atoms with Crippen molar-refractivity contribution in [1.82, 2.24) is 4.90 Å². The largest absolute Gasteiger partial charge is 0.492 e. The lowest BCUT2D eigenvalue weighted by atomic mass is 10.2. The van der Waals surface area contributed by atoms with Crippen LogP contribution in [0.25, 0.3) is 0 Å². The summed E-state index contributed by atoms with van der Waals surface area (Å²) in [6, 6.07) is 10.5. The molecule has 0 spiro atoms. The standard InChI is InChI=1S/C18H19Cl2FN2O2/c1-12(18(24)22-17-8-5-14(21)11-16(17)20)23(2)9-10-25-15-6-3-13(19)4-7-15/h3-8,11-12H,9-10H2,1-2H3,(H,22,24). The van der Waals surface area contributed by atoms with E-state index in [2.05, 4.69) is 5.32 Å². The number of nitrogens with zero attached hydrogens (tertiary/aromatic N) is 1. The van der Waals surface area contributed by atoms with Crippen molar-refractivity contribution >= 4 is 34.8 Å². The molecule has 0 aliphatic rings. The number of hydrogen-bond donors (Lipinski definition) is 1. The summed E-state index contributed by atoms with van der Waals surface area (Å²) in [4.78, 5) is 14.2. The van der Waals surface area contributed by atoms with Crippen LogP contribution in [0.1, 0.15) is 6.92 Å². The minimum absolute atomic E-state index is 0.161. The van der Waals surface area contributed by atoms with Crippen LogP contribution in [-0.2, 0) is 4.79 Å². The third-order valence-electron chi connectivity index (χ3n) is 3.76. The fourth-order valence-corrected chi connectivity index (χ4v) is 2.40. The number of halogens is 3. The molecule has 0 bridgehead atoms. The molecule has 2 rings (SSSR count). The number of carbonyl (C=O) groups excluding carboxylic acids is 1. The molecule has 1 amide bonds. The van der Waals surface area contributed by atoms with E-state index in [0.717, 1.165) is 6.07 Å². The molecule has 4 nitrogen and oxygen atoms in total. The quantitative estimate of drug-likeness (QED) is 0.765. The highest BCUT2D eigenvalue weighted by molar-refractivity contribution is 6.33. The van der Waals surface area contributed by atoms with Gasteiger partial charge in [-0.2, -0.15) is 0 Å². The molecule has 25 heavy (non-hydrogen) atoms. The lowest BCUT2D eigenvalue weighted by Gasteiger charge is -2.24. The van der Waals surface area contributed by atoms with Crippen LogP contribution in [0.2, 0.25) is 10.0 Å². The van der Waals surface area contributed by atoms with Crippen molar-refractivity contribution in [3.63, 3.8) is 0 Å². The van der Waals surface area contributed by atoms with E-state index in [1.165, 1.54) is 12.1 Å². The second kappa shape index (κ2) is 9.04. The Morgan fingerprint density at radius 2 is 1.92 bits per heavy atom. The molecular formula is C18H19Cl2FN2O2. The highest BCUT2D eigenvalue weighted by Gasteiger charge is 2.19. The monoisotopic (exact) mass is 384 g/mol. The molecule has 0 saturated carbocycles. The Morgan fingerprint density at radius 3 is 2.56 bits per heavy atom. The Morgan fingerprint density at radius 1 is 1.24 bits per heavy atom. The smallest absolute Gasteiger partial charge is 0.241 e. The van der Waals surface area contributed by atoms with Gasteiger partial charge in [0.05, 0.1) is 16.8 Å². The number of carbonyl (C=O) groups is 1. The van der Waals surface area contributed by atoms with E-state index < -0.39 is 11.9 Å². The van der Waals surface area contributed by atoms with Gasteiger partial charge in [0.1, 0.15) is 18.2 Å². The molecule has 0 saturated heterocycles. The highest BCUT2D eigenvalue weighted by atomic mass is 35.5. The molecule has 2 aromatic rings. The molecule has 0 aliphatic heterocycles. The fourth-order valence-electron chi connectivity index (χ4n) is 2.06. The molecule has 2 aromatic carbocycles. The summed E-state index contributed by atoms with van der Waals surface area (Å²) in [5.41, 5.74) is 0.380. The third kappa shape index (κ3) is 5.88. The van der Waals surface area contributed by atoms with E-state index in [-0.39, 0.29) is 10.9 Å². The van der Waals surface area contributed by atoms with Crippen LogP contribution in [-0.4, -0.2) is 37.0 Å². The van der Waals surface area contributed by atoms with Gasteiger partial charge in [-0.15, -0.1) is 0 Å². The molecule has 1 unspecified atom stereocenters. The molecule has 0 aromatic heterocycles. The lowest BCUT2D eigenvalue weighted by Crippen LogP contribution is -2.41. The van der Waals surface area contributed by atoms with Gasteiger partial charge in [-0.1, -0.05) is 23.2 Å². The maximum atomic E-state index is 13.0. The van der Waals surface area contributed by atoms with Crippen LogP contribution in [0.15, 0.2) is 42.5 Å². The van der Waals surface area contributed by atoms with Gasteiger partial charge in [-0.25, -0.2) is 4.39 Å². The average Bonchev–Trinajstić information content (AvgIpc) is 2.58. The minimum atomic E-state index is -0.451. The molecule has 134 valence electrons. The second-order valence-corrected chi connectivity index (χ2v) is 6.42. The number of rotatable bonds is 7. The zero-order valence-corrected chi connectivity index (χ0v) is 15.4. The average molecular weight is 385 g/mol. The van der Waals surface area contributed by atoms with Crippen LogP contribution in [0.5, 0.6) is 5.75 Å². The van der Waals surface area contributed by atoms with Gasteiger partial charge in [0.15, 0.2) is 0 Å². The van der Waals surface area contributed by atoms with Crippen molar-refractivity contribution in [1.29, 1.82) is 0 Å². The molecule has 0 fully saturated rings. The van der Waals surface area contributed by atoms with Crippen LogP contribution < -0.4 is 10.1 Å². The number of hydrogen-bond acceptors (Lipinski definition) is 3. The number of likely N-dealkylation sites (N-methyl/N-ethyl adjacent to an activating group) is 1. The van der Waals surface area contributed by atoms with Crippen LogP contribution in [0.4, 0.5) is 10.1 Å². The number of benzene rings is 2. The molecular weight excluding hydrogens is 366 g/mol. The normalized spacial score (nSPS) is 12.1. The molecule has 1 N–H and O–H groups in total. The van der Waals surface area contributed by atoms with E-state index >= 15 is 0 Å². The number of anilines is 1. The predicted octanol–water partition coefficient (Wildman–Crippen LogP) is 4.47. The fraction of sp³-hybridized carbons (Fsp3) is 0.278.